The average Bonchev–Trinajstić information content (AvgIpc) is 3.18. The normalized spacial score (nSPS) is 11.2. The number of aryl methyl sites for hydroxylation is 2. The Hall–Kier alpha value is -2.57. The van der Waals surface area contributed by atoms with E-state index in [0.717, 1.165) is 11.4 Å². The van der Waals surface area contributed by atoms with Gasteiger partial charge in [0.05, 0.1) is 28.5 Å². The quantitative estimate of drug-likeness (QED) is 0.523. The third-order valence-corrected chi connectivity index (χ3v) is 4.48. The van der Waals surface area contributed by atoms with Crippen molar-refractivity contribution >= 4 is 35.3 Å². The van der Waals surface area contributed by atoms with Gasteiger partial charge in [0.1, 0.15) is 5.76 Å². The van der Waals surface area contributed by atoms with E-state index in [1.54, 1.807) is 30.3 Å². The molecular weight excluding hydrogens is 375 g/mol. The van der Waals surface area contributed by atoms with Gasteiger partial charge >= 0.3 is 5.91 Å². The Bertz CT molecular complexity index is 975. The number of aromatic nitrogens is 2. The fourth-order valence-electron chi connectivity index (χ4n) is 2.40. The fourth-order valence-corrected chi connectivity index (χ4v) is 2.76. The lowest BCUT2D eigenvalue weighted by Gasteiger charge is -2.01. The zero-order valence-corrected chi connectivity index (χ0v) is 15.7. The molecule has 0 radical (unpaired) electrons. The summed E-state index contributed by atoms with van der Waals surface area (Å²) >= 11 is 12.0. The molecule has 3 aromatic rings. The van der Waals surface area contributed by atoms with Crippen molar-refractivity contribution < 1.29 is 9.21 Å². The first-order valence-corrected chi connectivity index (χ1v) is 8.57. The zero-order valence-electron chi connectivity index (χ0n) is 14.2. The van der Waals surface area contributed by atoms with Gasteiger partial charge in [-0.1, -0.05) is 35.3 Å². The molecule has 0 atom stereocenters. The summed E-state index contributed by atoms with van der Waals surface area (Å²) in [7, 11) is 0. The van der Waals surface area contributed by atoms with Gasteiger partial charge < -0.3 is 4.42 Å². The van der Waals surface area contributed by atoms with Crippen LogP contribution in [0.1, 0.15) is 33.3 Å². The van der Waals surface area contributed by atoms with Crippen LogP contribution in [0.25, 0.3) is 0 Å². The summed E-state index contributed by atoms with van der Waals surface area (Å²) in [4.78, 5) is 12.1. The van der Waals surface area contributed by atoms with Crippen molar-refractivity contribution in [1.82, 2.24) is 15.2 Å². The highest BCUT2D eigenvalue weighted by Crippen LogP contribution is 2.24. The SMILES string of the molecule is Cc1cc(C)n(Cc2ccc(C(=O)N/N=C/c3cccc(Cl)c3Cl)o2)n1. The molecule has 0 fully saturated rings. The maximum Gasteiger partial charge on any atom is 0.307 e. The summed E-state index contributed by atoms with van der Waals surface area (Å²) in [6, 6.07) is 10.5. The second-order valence-corrected chi connectivity index (χ2v) is 6.48. The highest BCUT2D eigenvalue weighted by Gasteiger charge is 2.12. The predicted molar refractivity (Wildman–Crippen MR) is 101 cm³/mol. The zero-order chi connectivity index (χ0) is 18.7. The second-order valence-electron chi connectivity index (χ2n) is 5.69. The van der Waals surface area contributed by atoms with Crippen molar-refractivity contribution in [3.63, 3.8) is 0 Å². The highest BCUT2D eigenvalue weighted by atomic mass is 35.5. The van der Waals surface area contributed by atoms with Crippen LogP contribution in [0.3, 0.4) is 0 Å². The van der Waals surface area contributed by atoms with Crippen molar-refractivity contribution in [3.05, 3.63) is 74.9 Å². The molecule has 0 bridgehead atoms. The Kier molecular flexibility index (Phi) is 5.44. The lowest BCUT2D eigenvalue weighted by atomic mass is 10.2. The van der Waals surface area contributed by atoms with Gasteiger partial charge in [-0.2, -0.15) is 10.2 Å². The Morgan fingerprint density at radius 3 is 2.85 bits per heavy atom. The number of carbonyl (C=O) groups is 1. The van der Waals surface area contributed by atoms with E-state index < -0.39 is 5.91 Å². The first kappa shape index (κ1) is 18.2. The molecule has 0 saturated heterocycles. The van der Waals surface area contributed by atoms with E-state index in [2.05, 4.69) is 15.6 Å². The molecule has 6 nitrogen and oxygen atoms in total. The number of rotatable bonds is 5. The summed E-state index contributed by atoms with van der Waals surface area (Å²) in [5, 5.41) is 9.04. The van der Waals surface area contributed by atoms with Gasteiger partial charge in [-0.3, -0.25) is 9.48 Å². The Morgan fingerprint density at radius 1 is 1.31 bits per heavy atom. The average molecular weight is 391 g/mol. The van der Waals surface area contributed by atoms with Crippen molar-refractivity contribution in [2.45, 2.75) is 20.4 Å². The second kappa shape index (κ2) is 7.76. The molecule has 0 aliphatic rings. The molecule has 0 unspecified atom stereocenters. The van der Waals surface area contributed by atoms with E-state index in [-0.39, 0.29) is 5.76 Å². The summed E-state index contributed by atoms with van der Waals surface area (Å²) in [5.74, 6) is 0.332. The molecule has 0 saturated carbocycles. The number of nitrogens with one attached hydrogen (secondary N) is 1. The molecule has 2 heterocycles. The maximum atomic E-state index is 12.1. The monoisotopic (exact) mass is 390 g/mol. The molecule has 3 rings (SSSR count). The molecule has 1 aromatic carbocycles. The van der Waals surface area contributed by atoms with Gasteiger partial charge in [0, 0.05) is 11.3 Å². The molecule has 134 valence electrons. The first-order valence-electron chi connectivity index (χ1n) is 7.81. The molecule has 8 heteroatoms. The smallest absolute Gasteiger partial charge is 0.307 e. The number of hydrogen-bond donors (Lipinski definition) is 1. The lowest BCUT2D eigenvalue weighted by molar-refractivity contribution is 0.0925. The van der Waals surface area contributed by atoms with Crippen LogP contribution in [0.15, 0.2) is 45.9 Å². The predicted octanol–water partition coefficient (Wildman–Crippen LogP) is 4.21. The Balaban J connectivity index is 1.64. The standard InChI is InChI=1S/C18H16Cl2N4O2/c1-11-8-12(2)24(23-11)10-14-6-7-16(26-14)18(25)22-21-9-13-4-3-5-15(19)17(13)20/h3-9H,10H2,1-2H3,(H,22,25)/b21-9+. The van der Waals surface area contributed by atoms with Gasteiger partial charge in [-0.15, -0.1) is 0 Å². The molecule has 2 aromatic heterocycles. The maximum absolute atomic E-state index is 12.1. The van der Waals surface area contributed by atoms with Gasteiger partial charge in [0.15, 0.2) is 5.76 Å². The minimum absolute atomic E-state index is 0.163. The number of furan rings is 1. The Morgan fingerprint density at radius 2 is 2.12 bits per heavy atom. The van der Waals surface area contributed by atoms with Crippen molar-refractivity contribution in [3.8, 4) is 0 Å². The molecule has 1 N–H and O–H groups in total. The van der Waals surface area contributed by atoms with E-state index in [1.165, 1.54) is 6.21 Å². The number of hydrogen-bond acceptors (Lipinski definition) is 4. The molecular formula is C18H16Cl2N4O2. The molecule has 1 amide bonds. The van der Waals surface area contributed by atoms with E-state index >= 15 is 0 Å². The molecule has 0 spiro atoms. The van der Waals surface area contributed by atoms with Crippen LogP contribution in [0.5, 0.6) is 0 Å². The van der Waals surface area contributed by atoms with E-state index in [0.29, 0.717) is 27.9 Å². The van der Waals surface area contributed by atoms with Crippen molar-refractivity contribution in [2.24, 2.45) is 5.10 Å². The lowest BCUT2D eigenvalue weighted by Crippen LogP contribution is -2.16. The van der Waals surface area contributed by atoms with Gasteiger partial charge in [0.25, 0.3) is 0 Å². The topological polar surface area (TPSA) is 72.4 Å². The largest absolute Gasteiger partial charge is 0.454 e. The minimum atomic E-state index is -0.459. The number of halogens is 2. The summed E-state index contributed by atoms with van der Waals surface area (Å²) in [5.41, 5.74) is 4.95. The third-order valence-electron chi connectivity index (χ3n) is 3.65. The molecule has 0 aliphatic heterocycles. The molecule has 26 heavy (non-hydrogen) atoms. The number of amides is 1. The third kappa shape index (κ3) is 4.15. The Labute approximate surface area is 160 Å². The van der Waals surface area contributed by atoms with Crippen LogP contribution in [0.2, 0.25) is 10.0 Å². The summed E-state index contributed by atoms with van der Waals surface area (Å²) < 4.78 is 7.38. The minimum Gasteiger partial charge on any atom is -0.454 e. The van der Waals surface area contributed by atoms with Crippen LogP contribution in [-0.4, -0.2) is 21.9 Å². The highest BCUT2D eigenvalue weighted by molar-refractivity contribution is 6.43. The van der Waals surface area contributed by atoms with Gasteiger partial charge in [-0.25, -0.2) is 5.43 Å². The number of nitrogens with zero attached hydrogens (tertiary/aromatic N) is 3. The summed E-state index contributed by atoms with van der Waals surface area (Å²) in [6.45, 7) is 4.34. The van der Waals surface area contributed by atoms with E-state index in [1.807, 2.05) is 24.6 Å². The van der Waals surface area contributed by atoms with E-state index in [4.69, 9.17) is 27.6 Å². The van der Waals surface area contributed by atoms with Crippen molar-refractivity contribution in [2.75, 3.05) is 0 Å². The number of carbonyl (C=O) groups excluding carboxylic acids is 1. The van der Waals surface area contributed by atoms with Gasteiger partial charge in [0.2, 0.25) is 0 Å². The summed E-state index contributed by atoms with van der Waals surface area (Å²) in [6.07, 6.45) is 1.42. The molecule has 0 aliphatic carbocycles. The van der Waals surface area contributed by atoms with Crippen LogP contribution in [0, 0.1) is 13.8 Å². The van der Waals surface area contributed by atoms with E-state index in [9.17, 15) is 4.79 Å². The number of hydrazone groups is 1. The number of benzene rings is 1. The van der Waals surface area contributed by atoms with Crippen LogP contribution in [0.4, 0.5) is 0 Å². The van der Waals surface area contributed by atoms with Crippen molar-refractivity contribution in [1.29, 1.82) is 0 Å². The van der Waals surface area contributed by atoms with Gasteiger partial charge in [-0.05, 0) is 38.1 Å². The first-order chi connectivity index (χ1) is 12.4. The van der Waals surface area contributed by atoms with Crippen LogP contribution in [-0.2, 0) is 6.54 Å². The fraction of sp³-hybridized carbons (Fsp3) is 0.167. The van der Waals surface area contributed by atoms with Crippen LogP contribution < -0.4 is 5.43 Å². The van der Waals surface area contributed by atoms with Crippen LogP contribution >= 0.6 is 23.2 Å².